The number of benzene rings is 1. The van der Waals surface area contributed by atoms with E-state index in [-0.39, 0.29) is 5.91 Å². The van der Waals surface area contributed by atoms with Gasteiger partial charge in [-0.1, -0.05) is 18.9 Å². The minimum Gasteiger partial charge on any atom is -0.459 e. The maximum absolute atomic E-state index is 12.0. The van der Waals surface area contributed by atoms with Crippen molar-refractivity contribution >= 4 is 23.5 Å². The van der Waals surface area contributed by atoms with Crippen LogP contribution in [0.1, 0.15) is 36.2 Å². The van der Waals surface area contributed by atoms with Gasteiger partial charge in [-0.15, -0.1) is 0 Å². The van der Waals surface area contributed by atoms with E-state index in [1.165, 1.54) is 31.9 Å². The minimum absolute atomic E-state index is 0.220. The summed E-state index contributed by atoms with van der Waals surface area (Å²) >= 11 is 1.78. The molecular weight excluding hydrogens is 296 g/mol. The highest BCUT2D eigenvalue weighted by Gasteiger charge is 2.12. The van der Waals surface area contributed by atoms with E-state index in [1.54, 1.807) is 24.1 Å². The predicted molar refractivity (Wildman–Crippen MR) is 89.0 cm³/mol. The third-order valence-corrected chi connectivity index (χ3v) is 4.72. The largest absolute Gasteiger partial charge is 0.459 e. The summed E-state index contributed by atoms with van der Waals surface area (Å²) in [5.41, 5.74) is 0.793. The zero-order valence-electron chi connectivity index (χ0n) is 12.5. The van der Waals surface area contributed by atoms with Gasteiger partial charge in [0.05, 0.1) is 6.26 Å². The van der Waals surface area contributed by atoms with Gasteiger partial charge in [-0.3, -0.25) is 4.79 Å². The second-order valence-corrected chi connectivity index (χ2v) is 6.56. The average Bonchev–Trinajstić information content (AvgIpc) is 2.94. The van der Waals surface area contributed by atoms with Gasteiger partial charge in [0.2, 0.25) is 0 Å². The van der Waals surface area contributed by atoms with Crippen LogP contribution in [0.4, 0.5) is 5.69 Å². The molecule has 1 fully saturated rings. The molecule has 1 amide bonds. The zero-order valence-corrected chi connectivity index (χ0v) is 13.3. The molecule has 0 spiro atoms. The second-order valence-electron chi connectivity index (χ2n) is 5.39. The summed E-state index contributed by atoms with van der Waals surface area (Å²) in [6, 6.07) is 11.3. The molecule has 1 saturated heterocycles. The molecule has 22 heavy (non-hydrogen) atoms. The number of rotatable bonds is 4. The van der Waals surface area contributed by atoms with E-state index in [2.05, 4.69) is 15.7 Å². The third-order valence-electron chi connectivity index (χ3n) is 3.64. The van der Waals surface area contributed by atoms with E-state index in [0.29, 0.717) is 5.76 Å². The summed E-state index contributed by atoms with van der Waals surface area (Å²) in [7, 11) is 0. The van der Waals surface area contributed by atoms with E-state index in [0.717, 1.165) is 23.7 Å². The van der Waals surface area contributed by atoms with Crippen molar-refractivity contribution in [3.63, 3.8) is 0 Å². The maximum Gasteiger partial charge on any atom is 0.291 e. The van der Waals surface area contributed by atoms with Crippen LogP contribution in [0.25, 0.3) is 0 Å². The molecule has 1 aliphatic heterocycles. The molecule has 0 unspecified atom stereocenters. The standard InChI is InChI=1S/C17H20N2O2S/c20-17(16-9-6-12-21-16)18-14-7-5-8-15(13-14)22-19-10-3-1-2-4-11-19/h5-9,12-13H,1-4,10-11H2,(H,18,20). The van der Waals surface area contributed by atoms with Crippen LogP contribution in [0.3, 0.4) is 0 Å². The topological polar surface area (TPSA) is 45.5 Å². The van der Waals surface area contributed by atoms with Crippen LogP contribution in [-0.2, 0) is 0 Å². The fraction of sp³-hybridized carbons (Fsp3) is 0.353. The van der Waals surface area contributed by atoms with Crippen LogP contribution in [-0.4, -0.2) is 23.3 Å². The molecule has 4 nitrogen and oxygen atoms in total. The lowest BCUT2D eigenvalue weighted by molar-refractivity contribution is 0.0996. The Morgan fingerprint density at radius 3 is 2.64 bits per heavy atom. The van der Waals surface area contributed by atoms with Crippen molar-refractivity contribution in [2.45, 2.75) is 30.6 Å². The van der Waals surface area contributed by atoms with Gasteiger partial charge in [-0.05, 0) is 55.1 Å². The number of carbonyl (C=O) groups is 1. The predicted octanol–water partition coefficient (Wildman–Crippen LogP) is 4.42. The van der Waals surface area contributed by atoms with Crippen LogP contribution >= 0.6 is 11.9 Å². The molecule has 2 heterocycles. The lowest BCUT2D eigenvalue weighted by atomic mass is 10.2. The number of nitrogens with one attached hydrogen (secondary N) is 1. The summed E-state index contributed by atoms with van der Waals surface area (Å²) in [6.07, 6.45) is 6.69. The van der Waals surface area contributed by atoms with E-state index >= 15 is 0 Å². The van der Waals surface area contributed by atoms with E-state index in [4.69, 9.17) is 4.42 Å². The first kappa shape index (κ1) is 15.2. The highest BCUT2D eigenvalue weighted by atomic mass is 32.2. The van der Waals surface area contributed by atoms with Crippen LogP contribution in [0.15, 0.2) is 52.0 Å². The quantitative estimate of drug-likeness (QED) is 0.848. The maximum atomic E-state index is 12.0. The molecule has 0 bridgehead atoms. The molecular formula is C17H20N2O2S. The van der Waals surface area contributed by atoms with Crippen molar-refractivity contribution in [2.24, 2.45) is 0 Å². The number of amides is 1. The smallest absolute Gasteiger partial charge is 0.291 e. The van der Waals surface area contributed by atoms with Gasteiger partial charge in [-0.25, -0.2) is 4.31 Å². The Balaban J connectivity index is 1.63. The minimum atomic E-state index is -0.220. The number of carbonyl (C=O) groups excluding carboxylic acids is 1. The Kier molecular flexibility index (Phi) is 5.19. The Bertz CT molecular complexity index is 605. The van der Waals surface area contributed by atoms with Gasteiger partial charge >= 0.3 is 0 Å². The Labute approximate surface area is 135 Å². The monoisotopic (exact) mass is 316 g/mol. The number of furan rings is 1. The molecule has 2 aromatic rings. The molecule has 1 N–H and O–H groups in total. The van der Waals surface area contributed by atoms with Gasteiger partial charge in [0.25, 0.3) is 5.91 Å². The highest BCUT2D eigenvalue weighted by molar-refractivity contribution is 7.97. The first-order chi connectivity index (χ1) is 10.8. The summed E-state index contributed by atoms with van der Waals surface area (Å²) in [5, 5.41) is 2.87. The zero-order chi connectivity index (χ0) is 15.2. The molecule has 1 aromatic heterocycles. The van der Waals surface area contributed by atoms with Gasteiger partial charge in [0, 0.05) is 23.7 Å². The molecule has 3 rings (SSSR count). The Morgan fingerprint density at radius 1 is 1.09 bits per heavy atom. The normalized spacial score (nSPS) is 16.2. The van der Waals surface area contributed by atoms with Crippen molar-refractivity contribution < 1.29 is 9.21 Å². The van der Waals surface area contributed by atoms with Gasteiger partial charge in [0.1, 0.15) is 0 Å². The second kappa shape index (κ2) is 7.51. The lowest BCUT2D eigenvalue weighted by Crippen LogP contribution is -2.16. The summed E-state index contributed by atoms with van der Waals surface area (Å²) < 4.78 is 7.52. The van der Waals surface area contributed by atoms with Crippen LogP contribution < -0.4 is 5.32 Å². The molecule has 1 aromatic carbocycles. The number of anilines is 1. The number of hydrogen-bond donors (Lipinski definition) is 1. The van der Waals surface area contributed by atoms with Gasteiger partial charge in [0.15, 0.2) is 5.76 Å². The van der Waals surface area contributed by atoms with Crippen LogP contribution in [0, 0.1) is 0 Å². The molecule has 0 atom stereocenters. The molecule has 5 heteroatoms. The third kappa shape index (κ3) is 4.15. The van der Waals surface area contributed by atoms with Crippen molar-refractivity contribution in [2.75, 3.05) is 18.4 Å². The Hall–Kier alpha value is -1.72. The average molecular weight is 316 g/mol. The fourth-order valence-electron chi connectivity index (χ4n) is 2.51. The number of hydrogen-bond acceptors (Lipinski definition) is 4. The van der Waals surface area contributed by atoms with E-state index in [1.807, 2.05) is 18.2 Å². The SMILES string of the molecule is O=C(Nc1cccc(SN2CCCCCC2)c1)c1ccco1. The fourth-order valence-corrected chi connectivity index (χ4v) is 3.57. The Morgan fingerprint density at radius 2 is 1.91 bits per heavy atom. The van der Waals surface area contributed by atoms with Crippen LogP contribution in [0.5, 0.6) is 0 Å². The molecule has 1 aliphatic rings. The van der Waals surface area contributed by atoms with Gasteiger partial charge < -0.3 is 9.73 Å². The lowest BCUT2D eigenvalue weighted by Gasteiger charge is -2.18. The summed E-state index contributed by atoms with van der Waals surface area (Å²) in [5.74, 6) is 0.104. The van der Waals surface area contributed by atoms with Gasteiger partial charge in [-0.2, -0.15) is 0 Å². The molecule has 116 valence electrons. The molecule has 0 saturated carbocycles. The number of nitrogens with zero attached hydrogens (tertiary/aromatic N) is 1. The van der Waals surface area contributed by atoms with Crippen molar-refractivity contribution in [3.8, 4) is 0 Å². The first-order valence-electron chi connectivity index (χ1n) is 7.69. The van der Waals surface area contributed by atoms with Crippen molar-refractivity contribution in [1.29, 1.82) is 0 Å². The molecule has 0 aliphatic carbocycles. The first-order valence-corrected chi connectivity index (χ1v) is 8.46. The highest BCUT2D eigenvalue weighted by Crippen LogP contribution is 2.27. The summed E-state index contributed by atoms with van der Waals surface area (Å²) in [6.45, 7) is 2.27. The summed E-state index contributed by atoms with van der Waals surface area (Å²) in [4.78, 5) is 13.2. The van der Waals surface area contributed by atoms with E-state index in [9.17, 15) is 4.79 Å². The van der Waals surface area contributed by atoms with Crippen LogP contribution in [0.2, 0.25) is 0 Å². The van der Waals surface area contributed by atoms with Crippen molar-refractivity contribution in [3.05, 3.63) is 48.4 Å². The van der Waals surface area contributed by atoms with Crippen molar-refractivity contribution in [1.82, 2.24) is 4.31 Å². The van der Waals surface area contributed by atoms with E-state index < -0.39 is 0 Å². The molecule has 0 radical (unpaired) electrons.